The van der Waals surface area contributed by atoms with Gasteiger partial charge in [0.2, 0.25) is 11.8 Å². The second kappa shape index (κ2) is 11.8. The van der Waals surface area contributed by atoms with Crippen molar-refractivity contribution >= 4 is 39.6 Å². The van der Waals surface area contributed by atoms with Crippen LogP contribution in [0, 0.1) is 0 Å². The van der Waals surface area contributed by atoms with E-state index >= 15 is 0 Å². The highest BCUT2D eigenvalue weighted by atomic mass is 79.9. The lowest BCUT2D eigenvalue weighted by molar-refractivity contribution is -0.141. The zero-order valence-electron chi connectivity index (χ0n) is 20.5. The van der Waals surface area contributed by atoms with Crippen LogP contribution in [-0.2, 0) is 16.1 Å². The van der Waals surface area contributed by atoms with Gasteiger partial charge in [-0.05, 0) is 56.0 Å². The number of nitrogens with zero attached hydrogens (tertiary/aromatic N) is 2. The standard InChI is InChI=1S/C28H32BrN3O4/c1-19(26(34)30-22-8-3-2-4-9-22)32(18-20-13-15-21(29)16-14-20)25(33)12-7-17-31-27(35)23-10-5-6-11-24(23)28(31)36/h5-6,10-11,13-16,19,22H,2-4,7-9,12,17-18H2,1H3,(H,30,34). The quantitative estimate of drug-likeness (QED) is 0.456. The summed E-state index contributed by atoms with van der Waals surface area (Å²) in [5.74, 6) is -0.974. The number of rotatable bonds is 9. The van der Waals surface area contributed by atoms with Crippen molar-refractivity contribution in [1.82, 2.24) is 15.1 Å². The van der Waals surface area contributed by atoms with Crippen molar-refractivity contribution in [3.05, 3.63) is 69.7 Å². The normalized spacial score (nSPS) is 16.6. The molecule has 1 atom stereocenters. The van der Waals surface area contributed by atoms with Gasteiger partial charge in [0.1, 0.15) is 6.04 Å². The average Bonchev–Trinajstić information content (AvgIpc) is 3.13. The van der Waals surface area contributed by atoms with Crippen LogP contribution >= 0.6 is 15.9 Å². The smallest absolute Gasteiger partial charge is 0.261 e. The topological polar surface area (TPSA) is 86.8 Å². The van der Waals surface area contributed by atoms with Crippen molar-refractivity contribution in [2.75, 3.05) is 6.54 Å². The Balaban J connectivity index is 1.40. The third-order valence-electron chi connectivity index (χ3n) is 7.04. The first kappa shape index (κ1) is 26.1. The van der Waals surface area contributed by atoms with Gasteiger partial charge in [-0.2, -0.15) is 0 Å². The summed E-state index contributed by atoms with van der Waals surface area (Å²) in [6, 6.07) is 14.0. The van der Waals surface area contributed by atoms with Gasteiger partial charge < -0.3 is 10.2 Å². The van der Waals surface area contributed by atoms with E-state index in [2.05, 4.69) is 21.2 Å². The zero-order chi connectivity index (χ0) is 25.7. The second-order valence-electron chi connectivity index (χ2n) is 9.58. The highest BCUT2D eigenvalue weighted by Gasteiger charge is 2.35. The number of imide groups is 1. The molecule has 0 spiro atoms. The van der Waals surface area contributed by atoms with E-state index in [1.165, 1.54) is 11.3 Å². The summed E-state index contributed by atoms with van der Waals surface area (Å²) >= 11 is 3.43. The fourth-order valence-corrected chi connectivity index (χ4v) is 5.18. The number of hydrogen-bond donors (Lipinski definition) is 1. The van der Waals surface area contributed by atoms with E-state index in [-0.39, 0.29) is 42.6 Å². The predicted molar refractivity (Wildman–Crippen MR) is 140 cm³/mol. The maximum absolute atomic E-state index is 13.4. The molecular weight excluding hydrogens is 522 g/mol. The zero-order valence-corrected chi connectivity index (χ0v) is 22.1. The average molecular weight is 554 g/mol. The van der Waals surface area contributed by atoms with Crippen LogP contribution in [0.4, 0.5) is 0 Å². The maximum Gasteiger partial charge on any atom is 0.261 e. The third-order valence-corrected chi connectivity index (χ3v) is 7.56. The summed E-state index contributed by atoms with van der Waals surface area (Å²) < 4.78 is 0.938. The van der Waals surface area contributed by atoms with Crippen molar-refractivity contribution in [3.8, 4) is 0 Å². The number of nitrogens with one attached hydrogen (secondary N) is 1. The minimum Gasteiger partial charge on any atom is -0.352 e. The van der Waals surface area contributed by atoms with E-state index in [9.17, 15) is 19.2 Å². The number of halogens is 1. The molecule has 1 saturated carbocycles. The van der Waals surface area contributed by atoms with Gasteiger partial charge in [-0.1, -0.05) is 59.5 Å². The lowest BCUT2D eigenvalue weighted by Gasteiger charge is -2.31. The minimum atomic E-state index is -0.637. The molecule has 1 heterocycles. The molecule has 1 aliphatic carbocycles. The number of benzene rings is 2. The van der Waals surface area contributed by atoms with Crippen LogP contribution in [0.3, 0.4) is 0 Å². The van der Waals surface area contributed by atoms with E-state index in [4.69, 9.17) is 0 Å². The first-order valence-electron chi connectivity index (χ1n) is 12.6. The van der Waals surface area contributed by atoms with E-state index in [1.807, 2.05) is 24.3 Å². The lowest BCUT2D eigenvalue weighted by atomic mass is 9.95. The van der Waals surface area contributed by atoms with Gasteiger partial charge in [-0.15, -0.1) is 0 Å². The molecule has 4 rings (SSSR count). The van der Waals surface area contributed by atoms with Gasteiger partial charge in [0, 0.05) is 30.0 Å². The van der Waals surface area contributed by atoms with Gasteiger partial charge in [0.15, 0.2) is 0 Å². The molecule has 2 aromatic carbocycles. The Labute approximate surface area is 220 Å². The maximum atomic E-state index is 13.4. The van der Waals surface area contributed by atoms with Gasteiger partial charge >= 0.3 is 0 Å². The lowest BCUT2D eigenvalue weighted by Crippen LogP contribution is -2.50. The number of fused-ring (bicyclic) bond motifs is 1. The van der Waals surface area contributed by atoms with E-state index in [0.29, 0.717) is 24.1 Å². The largest absolute Gasteiger partial charge is 0.352 e. The molecule has 2 aromatic rings. The summed E-state index contributed by atoms with van der Waals surface area (Å²) in [7, 11) is 0. The molecule has 8 heteroatoms. The van der Waals surface area contributed by atoms with Crippen molar-refractivity contribution in [1.29, 1.82) is 0 Å². The van der Waals surface area contributed by atoms with Crippen LogP contribution < -0.4 is 5.32 Å². The number of carbonyl (C=O) groups excluding carboxylic acids is 4. The summed E-state index contributed by atoms with van der Waals surface area (Å²) in [6.45, 7) is 2.23. The van der Waals surface area contributed by atoms with Crippen molar-refractivity contribution in [3.63, 3.8) is 0 Å². The van der Waals surface area contributed by atoms with Crippen LogP contribution in [0.15, 0.2) is 53.0 Å². The molecule has 1 N–H and O–H groups in total. The predicted octanol–water partition coefficient (Wildman–Crippen LogP) is 4.69. The van der Waals surface area contributed by atoms with Gasteiger partial charge in [-0.3, -0.25) is 24.1 Å². The molecule has 190 valence electrons. The van der Waals surface area contributed by atoms with Crippen molar-refractivity contribution < 1.29 is 19.2 Å². The van der Waals surface area contributed by atoms with Crippen LogP contribution in [0.5, 0.6) is 0 Å². The van der Waals surface area contributed by atoms with Gasteiger partial charge in [-0.25, -0.2) is 0 Å². The van der Waals surface area contributed by atoms with Crippen LogP contribution in [0.25, 0.3) is 0 Å². The Morgan fingerprint density at radius 2 is 1.61 bits per heavy atom. The highest BCUT2D eigenvalue weighted by molar-refractivity contribution is 9.10. The van der Waals surface area contributed by atoms with Crippen LogP contribution in [-0.4, -0.2) is 52.1 Å². The molecule has 0 radical (unpaired) electrons. The first-order chi connectivity index (χ1) is 17.3. The van der Waals surface area contributed by atoms with Gasteiger partial charge in [0.25, 0.3) is 11.8 Å². The monoisotopic (exact) mass is 553 g/mol. The molecular formula is C28H32BrN3O4. The molecule has 0 aromatic heterocycles. The van der Waals surface area contributed by atoms with Crippen molar-refractivity contribution in [2.24, 2.45) is 0 Å². The molecule has 1 unspecified atom stereocenters. The fraction of sp³-hybridized carbons (Fsp3) is 0.429. The molecule has 7 nitrogen and oxygen atoms in total. The Bertz CT molecular complexity index is 1090. The Hall–Kier alpha value is -3.00. The summed E-state index contributed by atoms with van der Waals surface area (Å²) in [5, 5.41) is 3.13. The number of amides is 4. The SMILES string of the molecule is CC(C(=O)NC1CCCCC1)N(Cc1ccc(Br)cc1)C(=O)CCCN1C(=O)c2ccccc2C1=O. The number of carbonyl (C=O) groups is 4. The highest BCUT2D eigenvalue weighted by Crippen LogP contribution is 2.23. The molecule has 1 fully saturated rings. The third kappa shape index (κ3) is 6.03. The van der Waals surface area contributed by atoms with E-state index in [1.54, 1.807) is 36.1 Å². The van der Waals surface area contributed by atoms with E-state index in [0.717, 1.165) is 35.7 Å². The minimum absolute atomic E-state index is 0.130. The number of hydrogen-bond acceptors (Lipinski definition) is 4. The Morgan fingerprint density at radius 3 is 2.22 bits per heavy atom. The molecule has 36 heavy (non-hydrogen) atoms. The Morgan fingerprint density at radius 1 is 1.00 bits per heavy atom. The molecule has 0 bridgehead atoms. The summed E-state index contributed by atoms with van der Waals surface area (Å²) in [5.41, 5.74) is 1.72. The van der Waals surface area contributed by atoms with Gasteiger partial charge in [0.05, 0.1) is 11.1 Å². The molecule has 1 aliphatic heterocycles. The Kier molecular flexibility index (Phi) is 8.56. The first-order valence-corrected chi connectivity index (χ1v) is 13.4. The van der Waals surface area contributed by atoms with Crippen molar-refractivity contribution in [2.45, 2.75) is 70.5 Å². The van der Waals surface area contributed by atoms with Crippen LogP contribution in [0.1, 0.15) is 78.1 Å². The van der Waals surface area contributed by atoms with E-state index < -0.39 is 6.04 Å². The fourth-order valence-electron chi connectivity index (χ4n) is 4.91. The molecule has 0 saturated heterocycles. The molecule has 2 aliphatic rings. The summed E-state index contributed by atoms with van der Waals surface area (Å²) in [6.07, 6.45) is 5.82. The second-order valence-corrected chi connectivity index (χ2v) is 10.5. The molecule has 4 amide bonds. The summed E-state index contributed by atoms with van der Waals surface area (Å²) in [4.78, 5) is 54.5. The van der Waals surface area contributed by atoms with Crippen LogP contribution in [0.2, 0.25) is 0 Å².